The fourth-order valence-electron chi connectivity index (χ4n) is 2.89. The van der Waals surface area contributed by atoms with Crippen LogP contribution in [0.5, 0.6) is 0 Å². The quantitative estimate of drug-likeness (QED) is 0.879. The Kier molecular flexibility index (Phi) is 4.82. The molecule has 0 atom stereocenters. The molecule has 0 saturated heterocycles. The highest BCUT2D eigenvalue weighted by Crippen LogP contribution is 2.26. The Morgan fingerprint density at radius 3 is 2.55 bits per heavy atom. The molecular weight excluding hydrogens is 276 g/mol. The summed E-state index contributed by atoms with van der Waals surface area (Å²) in [4.78, 5) is 0. The highest BCUT2D eigenvalue weighted by molar-refractivity contribution is 7.89. The number of aromatic nitrogens is 2. The van der Waals surface area contributed by atoms with Crippen molar-refractivity contribution >= 4 is 10.0 Å². The lowest BCUT2D eigenvalue weighted by atomic mass is 9.91. The molecule has 0 radical (unpaired) electrons. The van der Waals surface area contributed by atoms with E-state index < -0.39 is 10.0 Å². The summed E-state index contributed by atoms with van der Waals surface area (Å²) in [5.74, 6) is 0. The molecule has 20 heavy (non-hydrogen) atoms. The van der Waals surface area contributed by atoms with Crippen LogP contribution in [0.2, 0.25) is 0 Å². The van der Waals surface area contributed by atoms with E-state index in [1.807, 2.05) is 0 Å². The molecule has 1 aromatic heterocycles. The molecular formula is C13H24N4O2S. The zero-order chi connectivity index (χ0) is 14.8. The predicted octanol–water partition coefficient (Wildman–Crippen LogP) is 0.961. The zero-order valence-corrected chi connectivity index (χ0v) is 13.2. The zero-order valence-electron chi connectivity index (χ0n) is 12.4. The molecule has 1 aliphatic carbocycles. The number of sulfonamides is 1. The van der Waals surface area contributed by atoms with E-state index in [1.165, 1.54) is 15.2 Å². The van der Waals surface area contributed by atoms with Crippen LogP contribution in [0.1, 0.15) is 32.6 Å². The van der Waals surface area contributed by atoms with E-state index >= 15 is 0 Å². The Morgan fingerprint density at radius 1 is 1.40 bits per heavy atom. The van der Waals surface area contributed by atoms with Crippen LogP contribution in [0, 0.1) is 0 Å². The Labute approximate surface area is 121 Å². The monoisotopic (exact) mass is 300 g/mol. The third-order valence-electron chi connectivity index (χ3n) is 4.12. The van der Waals surface area contributed by atoms with Gasteiger partial charge in [-0.1, -0.05) is 6.92 Å². The van der Waals surface area contributed by atoms with Crippen molar-refractivity contribution in [2.75, 3.05) is 13.6 Å². The second-order valence-electron chi connectivity index (χ2n) is 5.38. The van der Waals surface area contributed by atoms with Crippen LogP contribution in [0.3, 0.4) is 0 Å². The Balaban J connectivity index is 2.05. The molecule has 2 rings (SSSR count). The SMILES string of the molecule is CCNC1CCC(N(C)S(=O)(=O)c2ccnn2C)CC1. The molecule has 0 aromatic carbocycles. The van der Waals surface area contributed by atoms with E-state index in [4.69, 9.17) is 0 Å². The van der Waals surface area contributed by atoms with Gasteiger partial charge in [-0.25, -0.2) is 8.42 Å². The van der Waals surface area contributed by atoms with E-state index in [1.54, 1.807) is 20.2 Å². The van der Waals surface area contributed by atoms with Crippen molar-refractivity contribution in [3.63, 3.8) is 0 Å². The number of rotatable bonds is 5. The highest BCUT2D eigenvalue weighted by atomic mass is 32.2. The van der Waals surface area contributed by atoms with Crippen LogP contribution in [0.4, 0.5) is 0 Å². The number of nitrogens with zero attached hydrogens (tertiary/aromatic N) is 3. The number of nitrogens with one attached hydrogen (secondary N) is 1. The first-order valence-corrected chi connectivity index (χ1v) is 8.60. The maximum atomic E-state index is 12.6. The van der Waals surface area contributed by atoms with Crippen LogP contribution in [0.25, 0.3) is 0 Å². The van der Waals surface area contributed by atoms with Crippen molar-refractivity contribution in [1.29, 1.82) is 0 Å². The van der Waals surface area contributed by atoms with Crippen molar-refractivity contribution in [2.24, 2.45) is 7.05 Å². The van der Waals surface area contributed by atoms with Crippen LogP contribution in [-0.4, -0.2) is 48.2 Å². The summed E-state index contributed by atoms with van der Waals surface area (Å²) in [6, 6.07) is 2.17. The van der Waals surface area contributed by atoms with Gasteiger partial charge < -0.3 is 5.32 Å². The molecule has 6 nitrogen and oxygen atoms in total. The maximum Gasteiger partial charge on any atom is 0.260 e. The van der Waals surface area contributed by atoms with Gasteiger partial charge in [0.1, 0.15) is 0 Å². The lowest BCUT2D eigenvalue weighted by molar-refractivity contribution is 0.250. The number of hydrogen-bond acceptors (Lipinski definition) is 4. The summed E-state index contributed by atoms with van der Waals surface area (Å²) in [5, 5.41) is 7.64. The molecule has 0 aliphatic heterocycles. The molecule has 7 heteroatoms. The van der Waals surface area contributed by atoms with E-state index in [0.717, 1.165) is 32.2 Å². The summed E-state index contributed by atoms with van der Waals surface area (Å²) < 4.78 is 28.1. The molecule has 0 unspecified atom stereocenters. The molecule has 1 saturated carbocycles. The lowest BCUT2D eigenvalue weighted by Crippen LogP contribution is -2.43. The summed E-state index contributed by atoms with van der Waals surface area (Å²) >= 11 is 0. The van der Waals surface area contributed by atoms with Crippen LogP contribution in [-0.2, 0) is 17.1 Å². The molecule has 114 valence electrons. The molecule has 1 N–H and O–H groups in total. The first-order valence-electron chi connectivity index (χ1n) is 7.16. The molecule has 1 heterocycles. The minimum absolute atomic E-state index is 0.0878. The van der Waals surface area contributed by atoms with Crippen molar-refractivity contribution in [3.05, 3.63) is 12.3 Å². The third kappa shape index (κ3) is 3.05. The number of aryl methyl sites for hydroxylation is 1. The van der Waals surface area contributed by atoms with Gasteiger partial charge in [-0.2, -0.15) is 9.40 Å². The van der Waals surface area contributed by atoms with Crippen LogP contribution >= 0.6 is 0 Å². The fourth-order valence-corrected chi connectivity index (χ4v) is 4.40. The molecule has 1 fully saturated rings. The standard InChI is InChI=1S/C13H24N4O2S/c1-4-14-11-5-7-12(8-6-11)17(3)20(18,19)13-9-10-15-16(13)2/h9-12,14H,4-8H2,1-3H3. The molecule has 0 amide bonds. The molecule has 0 bridgehead atoms. The van der Waals surface area contributed by atoms with Gasteiger partial charge in [0.05, 0.1) is 6.20 Å². The van der Waals surface area contributed by atoms with Gasteiger partial charge in [-0.3, -0.25) is 4.68 Å². The van der Waals surface area contributed by atoms with E-state index in [0.29, 0.717) is 6.04 Å². The molecule has 1 aliphatic rings. The van der Waals surface area contributed by atoms with Crippen molar-refractivity contribution in [3.8, 4) is 0 Å². The Hall–Kier alpha value is -0.920. The smallest absolute Gasteiger partial charge is 0.260 e. The number of hydrogen-bond donors (Lipinski definition) is 1. The molecule has 1 aromatic rings. The normalized spacial score (nSPS) is 24.2. The third-order valence-corrected chi connectivity index (χ3v) is 6.11. The second kappa shape index (κ2) is 6.24. The predicted molar refractivity (Wildman–Crippen MR) is 77.9 cm³/mol. The van der Waals surface area contributed by atoms with E-state index in [9.17, 15) is 8.42 Å². The Bertz CT molecular complexity index is 532. The molecule has 0 spiro atoms. The largest absolute Gasteiger partial charge is 0.314 e. The van der Waals surface area contributed by atoms with Gasteiger partial charge >= 0.3 is 0 Å². The maximum absolute atomic E-state index is 12.6. The van der Waals surface area contributed by atoms with Crippen molar-refractivity contribution in [2.45, 2.75) is 49.7 Å². The summed E-state index contributed by atoms with van der Waals surface area (Å²) in [6.45, 7) is 3.07. The average Bonchev–Trinajstić information content (AvgIpc) is 2.86. The topological polar surface area (TPSA) is 67.2 Å². The van der Waals surface area contributed by atoms with Gasteiger partial charge in [0.15, 0.2) is 5.03 Å². The van der Waals surface area contributed by atoms with Crippen LogP contribution in [0.15, 0.2) is 17.3 Å². The Morgan fingerprint density at radius 2 is 2.05 bits per heavy atom. The van der Waals surface area contributed by atoms with Gasteiger partial charge in [-0.15, -0.1) is 0 Å². The minimum Gasteiger partial charge on any atom is -0.314 e. The summed E-state index contributed by atoms with van der Waals surface area (Å²) in [7, 11) is -0.106. The first kappa shape index (κ1) is 15.5. The van der Waals surface area contributed by atoms with Gasteiger partial charge in [-0.05, 0) is 38.3 Å². The fraction of sp³-hybridized carbons (Fsp3) is 0.769. The van der Waals surface area contributed by atoms with Crippen molar-refractivity contribution in [1.82, 2.24) is 19.4 Å². The summed E-state index contributed by atoms with van der Waals surface area (Å²) in [5.41, 5.74) is 0. The van der Waals surface area contributed by atoms with E-state index in [-0.39, 0.29) is 11.1 Å². The van der Waals surface area contributed by atoms with Crippen LogP contribution < -0.4 is 5.32 Å². The average molecular weight is 300 g/mol. The highest BCUT2D eigenvalue weighted by Gasteiger charge is 2.32. The van der Waals surface area contributed by atoms with Gasteiger partial charge in [0, 0.05) is 26.2 Å². The van der Waals surface area contributed by atoms with E-state index in [2.05, 4.69) is 17.3 Å². The van der Waals surface area contributed by atoms with Crippen molar-refractivity contribution < 1.29 is 8.42 Å². The summed E-state index contributed by atoms with van der Waals surface area (Å²) in [6.07, 6.45) is 5.40. The second-order valence-corrected chi connectivity index (χ2v) is 7.32. The van der Waals surface area contributed by atoms with Gasteiger partial charge in [0.25, 0.3) is 10.0 Å². The first-order chi connectivity index (χ1) is 9.46. The minimum atomic E-state index is -3.44. The van der Waals surface area contributed by atoms with Gasteiger partial charge in [0.2, 0.25) is 0 Å². The lowest BCUT2D eigenvalue weighted by Gasteiger charge is -2.34.